The average Bonchev–Trinajstić information content (AvgIpc) is 2.04. The lowest BCUT2D eigenvalue weighted by molar-refractivity contribution is 1.42. The minimum atomic E-state index is 1.14. The fraction of sp³-hybridized carbons (Fsp3) is 0.200. The van der Waals surface area contributed by atoms with E-state index >= 15 is 0 Å². The molecule has 1 nitrogen and oxygen atoms in total. The summed E-state index contributed by atoms with van der Waals surface area (Å²) in [7, 11) is 1.92. The highest BCUT2D eigenvalue weighted by atomic mass is 14.8. The molecule has 1 heteroatoms. The summed E-state index contributed by atoms with van der Waals surface area (Å²) in [6, 6.07) is 6.25. The van der Waals surface area contributed by atoms with Gasteiger partial charge in [0.05, 0.1) is 0 Å². The maximum Gasteiger partial charge on any atom is 0.0413 e. The second kappa shape index (κ2) is 3.24. The maximum absolute atomic E-state index is 3.73. The van der Waals surface area contributed by atoms with Crippen LogP contribution >= 0.6 is 0 Å². The van der Waals surface area contributed by atoms with E-state index in [1.54, 1.807) is 0 Å². The maximum atomic E-state index is 3.73. The van der Waals surface area contributed by atoms with Crippen molar-refractivity contribution in [1.82, 2.24) is 0 Å². The Bertz CT molecular complexity index is 264. The second-order valence-corrected chi connectivity index (χ2v) is 2.54. The van der Waals surface area contributed by atoms with Crippen LogP contribution in [0.15, 0.2) is 24.8 Å². The van der Waals surface area contributed by atoms with Crippen molar-refractivity contribution in [1.29, 1.82) is 0 Å². The van der Waals surface area contributed by atoms with Gasteiger partial charge in [0.25, 0.3) is 0 Å². The topological polar surface area (TPSA) is 12.0 Å². The number of hydrogen-bond donors (Lipinski definition) is 1. The highest BCUT2D eigenvalue weighted by Crippen LogP contribution is 2.17. The van der Waals surface area contributed by atoms with Crippen LogP contribution in [0.5, 0.6) is 0 Å². The van der Waals surface area contributed by atoms with Crippen LogP contribution in [0.1, 0.15) is 11.1 Å². The summed E-state index contributed by atoms with van der Waals surface area (Å²) in [4.78, 5) is 0. The quantitative estimate of drug-likeness (QED) is 0.678. The molecule has 1 aromatic rings. The Hall–Kier alpha value is -1.24. The van der Waals surface area contributed by atoms with Crippen LogP contribution in [-0.4, -0.2) is 7.05 Å². The van der Waals surface area contributed by atoms with Gasteiger partial charge >= 0.3 is 0 Å². The second-order valence-electron chi connectivity index (χ2n) is 2.54. The van der Waals surface area contributed by atoms with Gasteiger partial charge in [0.1, 0.15) is 0 Å². The molecule has 0 heterocycles. The van der Waals surface area contributed by atoms with E-state index in [4.69, 9.17) is 0 Å². The van der Waals surface area contributed by atoms with Gasteiger partial charge in [-0.15, -0.1) is 0 Å². The third-order valence-electron chi connectivity index (χ3n) is 1.70. The van der Waals surface area contributed by atoms with Gasteiger partial charge in [0.15, 0.2) is 0 Å². The van der Waals surface area contributed by atoms with Gasteiger partial charge < -0.3 is 5.32 Å². The highest BCUT2D eigenvalue weighted by Gasteiger charge is 1.94. The Labute approximate surface area is 67.8 Å². The fourth-order valence-corrected chi connectivity index (χ4v) is 1.06. The van der Waals surface area contributed by atoms with Crippen molar-refractivity contribution in [3.05, 3.63) is 35.9 Å². The van der Waals surface area contributed by atoms with Gasteiger partial charge in [-0.3, -0.25) is 0 Å². The summed E-state index contributed by atoms with van der Waals surface area (Å²) < 4.78 is 0. The molecule has 0 atom stereocenters. The molecular weight excluding hydrogens is 134 g/mol. The average molecular weight is 147 g/mol. The van der Waals surface area contributed by atoms with Crippen molar-refractivity contribution in [3.8, 4) is 0 Å². The van der Waals surface area contributed by atoms with Crippen molar-refractivity contribution in [2.24, 2.45) is 0 Å². The molecule has 0 saturated carbocycles. The molecule has 1 rings (SSSR count). The molecule has 0 aliphatic heterocycles. The molecule has 1 aromatic carbocycles. The van der Waals surface area contributed by atoms with E-state index in [9.17, 15) is 0 Å². The lowest BCUT2D eigenvalue weighted by Gasteiger charge is -2.05. The molecule has 0 aromatic heterocycles. The molecule has 0 spiro atoms. The summed E-state index contributed by atoms with van der Waals surface area (Å²) in [6.07, 6.45) is 1.85. The summed E-state index contributed by atoms with van der Waals surface area (Å²) in [5.41, 5.74) is 3.55. The van der Waals surface area contributed by atoms with Gasteiger partial charge in [0.2, 0.25) is 0 Å². The first kappa shape index (κ1) is 7.86. The first-order valence-electron chi connectivity index (χ1n) is 3.68. The van der Waals surface area contributed by atoms with Gasteiger partial charge in [-0.05, 0) is 24.1 Å². The normalized spacial score (nSPS) is 9.27. The Kier molecular flexibility index (Phi) is 2.32. The highest BCUT2D eigenvalue weighted by molar-refractivity contribution is 5.66. The SMILES string of the molecule is C=Cc1ccc(C)cc1NC. The number of anilines is 1. The third-order valence-corrected chi connectivity index (χ3v) is 1.70. The Balaban J connectivity index is 3.16. The number of nitrogens with one attached hydrogen (secondary N) is 1. The third kappa shape index (κ3) is 1.61. The van der Waals surface area contributed by atoms with Gasteiger partial charge in [-0.25, -0.2) is 0 Å². The predicted octanol–water partition coefficient (Wildman–Crippen LogP) is 2.68. The van der Waals surface area contributed by atoms with Crippen LogP contribution in [-0.2, 0) is 0 Å². The van der Waals surface area contributed by atoms with Crippen molar-refractivity contribution >= 4 is 11.8 Å². The van der Waals surface area contributed by atoms with E-state index in [-0.39, 0.29) is 0 Å². The lowest BCUT2D eigenvalue weighted by atomic mass is 10.1. The summed E-state index contributed by atoms with van der Waals surface area (Å²) in [5, 5.41) is 3.12. The van der Waals surface area contributed by atoms with Crippen LogP contribution in [0.25, 0.3) is 6.08 Å². The zero-order valence-corrected chi connectivity index (χ0v) is 7.02. The monoisotopic (exact) mass is 147 g/mol. The number of benzene rings is 1. The molecule has 0 aliphatic rings. The molecule has 1 N–H and O–H groups in total. The van der Waals surface area contributed by atoms with E-state index in [0.29, 0.717) is 0 Å². The van der Waals surface area contributed by atoms with Crippen molar-refractivity contribution in [2.75, 3.05) is 12.4 Å². The van der Waals surface area contributed by atoms with Gasteiger partial charge in [-0.2, -0.15) is 0 Å². The zero-order chi connectivity index (χ0) is 8.27. The predicted molar refractivity (Wildman–Crippen MR) is 50.8 cm³/mol. The minimum Gasteiger partial charge on any atom is -0.388 e. The molecular formula is C10H13N. The van der Waals surface area contributed by atoms with E-state index in [2.05, 4.69) is 37.0 Å². The van der Waals surface area contributed by atoms with E-state index in [0.717, 1.165) is 11.3 Å². The van der Waals surface area contributed by atoms with Crippen LogP contribution in [0.2, 0.25) is 0 Å². The Morgan fingerprint density at radius 3 is 2.73 bits per heavy atom. The van der Waals surface area contributed by atoms with Crippen LogP contribution < -0.4 is 5.32 Å². The Morgan fingerprint density at radius 1 is 1.45 bits per heavy atom. The van der Waals surface area contributed by atoms with Crippen molar-refractivity contribution in [2.45, 2.75) is 6.92 Å². The molecule has 58 valence electrons. The molecule has 0 aliphatic carbocycles. The number of rotatable bonds is 2. The Morgan fingerprint density at radius 2 is 2.18 bits per heavy atom. The van der Waals surface area contributed by atoms with E-state index < -0.39 is 0 Å². The largest absolute Gasteiger partial charge is 0.388 e. The smallest absolute Gasteiger partial charge is 0.0413 e. The molecule has 0 amide bonds. The summed E-state index contributed by atoms with van der Waals surface area (Å²) in [6.45, 7) is 5.81. The molecule has 11 heavy (non-hydrogen) atoms. The summed E-state index contributed by atoms with van der Waals surface area (Å²) in [5.74, 6) is 0. The molecule has 0 fully saturated rings. The zero-order valence-electron chi connectivity index (χ0n) is 7.02. The minimum absolute atomic E-state index is 1.14. The van der Waals surface area contributed by atoms with Gasteiger partial charge in [0, 0.05) is 12.7 Å². The van der Waals surface area contributed by atoms with E-state index in [1.165, 1.54) is 5.56 Å². The standard InChI is InChI=1S/C10H13N/c1-4-9-6-5-8(2)7-10(9)11-3/h4-7,11H,1H2,2-3H3. The molecule has 0 radical (unpaired) electrons. The summed E-state index contributed by atoms with van der Waals surface area (Å²) >= 11 is 0. The molecule has 0 saturated heterocycles. The van der Waals surface area contributed by atoms with Crippen LogP contribution in [0.4, 0.5) is 5.69 Å². The lowest BCUT2D eigenvalue weighted by Crippen LogP contribution is -1.91. The fourth-order valence-electron chi connectivity index (χ4n) is 1.06. The van der Waals surface area contributed by atoms with Crippen molar-refractivity contribution < 1.29 is 0 Å². The number of hydrogen-bond acceptors (Lipinski definition) is 1. The number of aryl methyl sites for hydroxylation is 1. The van der Waals surface area contributed by atoms with Crippen molar-refractivity contribution in [3.63, 3.8) is 0 Å². The van der Waals surface area contributed by atoms with Gasteiger partial charge in [-0.1, -0.05) is 24.8 Å². The molecule has 0 bridgehead atoms. The van der Waals surface area contributed by atoms with Crippen LogP contribution in [0.3, 0.4) is 0 Å². The first-order chi connectivity index (χ1) is 5.27. The first-order valence-corrected chi connectivity index (χ1v) is 3.68. The van der Waals surface area contributed by atoms with E-state index in [1.807, 2.05) is 13.1 Å². The molecule has 0 unspecified atom stereocenters. The van der Waals surface area contributed by atoms with Crippen LogP contribution in [0, 0.1) is 6.92 Å².